The van der Waals surface area contributed by atoms with E-state index in [1.54, 1.807) is 0 Å². The normalized spacial score (nSPS) is 22.1. The molecule has 2 aromatic rings. The third-order valence-corrected chi connectivity index (χ3v) is 3.60. The van der Waals surface area contributed by atoms with Gasteiger partial charge >= 0.3 is 5.69 Å². The second kappa shape index (κ2) is 4.72. The third-order valence-electron chi connectivity index (χ3n) is 3.60. The smallest absolute Gasteiger partial charge is 0.311 e. The van der Waals surface area contributed by atoms with E-state index >= 15 is 0 Å². The number of hydrogen-bond donors (Lipinski definition) is 1. The number of pyridine rings is 1. The summed E-state index contributed by atoms with van der Waals surface area (Å²) in [6.45, 7) is 3.22. The lowest BCUT2D eigenvalue weighted by Crippen LogP contribution is -2.35. The number of nitrogens with one attached hydrogen (secondary N) is 1. The first-order valence-corrected chi connectivity index (χ1v) is 6.47. The molecule has 1 atom stereocenters. The van der Waals surface area contributed by atoms with Crippen LogP contribution in [0, 0.1) is 10.1 Å². The van der Waals surface area contributed by atoms with E-state index in [1.807, 2.05) is 31.2 Å². The highest BCUT2D eigenvalue weighted by Gasteiger charge is 2.32. The second-order valence-corrected chi connectivity index (χ2v) is 5.28. The van der Waals surface area contributed by atoms with E-state index in [-0.39, 0.29) is 11.2 Å². The zero-order valence-electron chi connectivity index (χ0n) is 11.1. The number of para-hydroxylation sites is 1. The molecule has 2 heterocycles. The molecule has 0 amide bonds. The molecule has 1 unspecified atom stereocenters. The summed E-state index contributed by atoms with van der Waals surface area (Å²) in [5.74, 6) is 0. The molecule has 1 aliphatic heterocycles. The molecule has 1 aliphatic rings. The summed E-state index contributed by atoms with van der Waals surface area (Å²) in [4.78, 5) is 15.0. The number of rotatable bonds is 3. The Hall–Kier alpha value is -2.21. The minimum Gasteiger partial charge on any atom is -0.379 e. The molecule has 20 heavy (non-hydrogen) atoms. The van der Waals surface area contributed by atoms with Crippen LogP contribution in [0.25, 0.3) is 10.9 Å². The zero-order valence-corrected chi connectivity index (χ0v) is 11.1. The summed E-state index contributed by atoms with van der Waals surface area (Å²) in [5, 5.41) is 15.3. The quantitative estimate of drug-likeness (QED) is 0.687. The molecule has 104 valence electrons. The van der Waals surface area contributed by atoms with Gasteiger partial charge in [0.25, 0.3) is 0 Å². The summed E-state index contributed by atoms with van der Waals surface area (Å²) in [6, 6.07) is 7.41. The van der Waals surface area contributed by atoms with Crippen molar-refractivity contribution >= 4 is 22.3 Å². The molecule has 0 saturated carbocycles. The van der Waals surface area contributed by atoms with Crippen LogP contribution in [0.2, 0.25) is 0 Å². The van der Waals surface area contributed by atoms with Crippen LogP contribution in [0.1, 0.15) is 13.3 Å². The Morgan fingerprint density at radius 3 is 2.95 bits per heavy atom. The molecule has 1 fully saturated rings. The molecule has 1 saturated heterocycles. The molecule has 1 aromatic carbocycles. The van der Waals surface area contributed by atoms with Gasteiger partial charge in [0.1, 0.15) is 11.9 Å². The Balaban J connectivity index is 2.14. The van der Waals surface area contributed by atoms with E-state index < -0.39 is 4.92 Å². The van der Waals surface area contributed by atoms with E-state index in [1.165, 1.54) is 6.20 Å². The first kappa shape index (κ1) is 12.8. The van der Waals surface area contributed by atoms with Crippen molar-refractivity contribution in [3.8, 4) is 0 Å². The highest BCUT2D eigenvalue weighted by molar-refractivity contribution is 5.95. The Labute approximate surface area is 115 Å². The van der Waals surface area contributed by atoms with Gasteiger partial charge in [-0.15, -0.1) is 0 Å². The standard InChI is InChI=1S/C14H15N3O3/c1-14(6-7-20-9-14)16-13-10-4-2-3-5-11(10)15-8-12(13)17(18)19/h2-5,8H,6-7,9H2,1H3,(H,15,16). The van der Waals surface area contributed by atoms with Crippen molar-refractivity contribution < 1.29 is 9.66 Å². The summed E-state index contributed by atoms with van der Waals surface area (Å²) in [7, 11) is 0. The lowest BCUT2D eigenvalue weighted by molar-refractivity contribution is -0.384. The van der Waals surface area contributed by atoms with E-state index in [9.17, 15) is 10.1 Å². The molecular weight excluding hydrogens is 258 g/mol. The maximum atomic E-state index is 11.2. The number of aromatic nitrogens is 1. The SMILES string of the molecule is CC1(Nc2c([N+](=O)[O-])cnc3ccccc23)CCOC1. The van der Waals surface area contributed by atoms with E-state index in [0.29, 0.717) is 18.9 Å². The minimum absolute atomic E-state index is 0.00294. The highest BCUT2D eigenvalue weighted by atomic mass is 16.6. The van der Waals surface area contributed by atoms with Crippen molar-refractivity contribution in [3.63, 3.8) is 0 Å². The molecule has 6 nitrogen and oxygen atoms in total. The lowest BCUT2D eigenvalue weighted by Gasteiger charge is -2.25. The van der Waals surface area contributed by atoms with E-state index in [0.717, 1.165) is 17.3 Å². The summed E-state index contributed by atoms with van der Waals surface area (Å²) < 4.78 is 5.40. The molecular formula is C14H15N3O3. The van der Waals surface area contributed by atoms with Crippen LogP contribution >= 0.6 is 0 Å². The van der Waals surface area contributed by atoms with Crippen molar-refractivity contribution in [2.24, 2.45) is 0 Å². The molecule has 0 bridgehead atoms. The Kier molecular flexibility index (Phi) is 3.02. The molecule has 0 radical (unpaired) electrons. The molecule has 1 aromatic heterocycles. The van der Waals surface area contributed by atoms with Crippen LogP contribution in [0.5, 0.6) is 0 Å². The van der Waals surface area contributed by atoms with Gasteiger partial charge < -0.3 is 10.1 Å². The summed E-state index contributed by atoms with van der Waals surface area (Å²) >= 11 is 0. The maximum Gasteiger partial charge on any atom is 0.311 e. The fourth-order valence-corrected chi connectivity index (χ4v) is 2.47. The molecule has 0 spiro atoms. The van der Waals surface area contributed by atoms with Gasteiger partial charge in [0.2, 0.25) is 0 Å². The van der Waals surface area contributed by atoms with Crippen molar-refractivity contribution in [2.45, 2.75) is 18.9 Å². The molecule has 0 aliphatic carbocycles. The van der Waals surface area contributed by atoms with Gasteiger partial charge in [-0.2, -0.15) is 0 Å². The van der Waals surface area contributed by atoms with Crippen molar-refractivity contribution in [1.29, 1.82) is 0 Å². The number of hydrogen-bond acceptors (Lipinski definition) is 5. The summed E-state index contributed by atoms with van der Waals surface area (Å²) in [6.07, 6.45) is 2.13. The van der Waals surface area contributed by atoms with Gasteiger partial charge in [-0.05, 0) is 19.4 Å². The van der Waals surface area contributed by atoms with Gasteiger partial charge in [-0.25, -0.2) is 4.98 Å². The number of ether oxygens (including phenoxy) is 1. The van der Waals surface area contributed by atoms with Crippen molar-refractivity contribution in [2.75, 3.05) is 18.5 Å². The first-order chi connectivity index (χ1) is 9.59. The van der Waals surface area contributed by atoms with Crippen LogP contribution in [0.3, 0.4) is 0 Å². The van der Waals surface area contributed by atoms with Crippen LogP contribution in [-0.4, -0.2) is 28.7 Å². The van der Waals surface area contributed by atoms with Gasteiger partial charge in [0.05, 0.1) is 22.6 Å². The first-order valence-electron chi connectivity index (χ1n) is 6.47. The monoisotopic (exact) mass is 273 g/mol. The Morgan fingerprint density at radius 2 is 2.25 bits per heavy atom. The van der Waals surface area contributed by atoms with Crippen molar-refractivity contribution in [3.05, 3.63) is 40.6 Å². The second-order valence-electron chi connectivity index (χ2n) is 5.28. The van der Waals surface area contributed by atoms with Crippen molar-refractivity contribution in [1.82, 2.24) is 4.98 Å². The average Bonchev–Trinajstić information content (AvgIpc) is 2.85. The Bertz CT molecular complexity index is 666. The third kappa shape index (κ3) is 2.18. The fraction of sp³-hybridized carbons (Fsp3) is 0.357. The number of anilines is 1. The maximum absolute atomic E-state index is 11.2. The number of fused-ring (bicyclic) bond motifs is 1. The fourth-order valence-electron chi connectivity index (χ4n) is 2.47. The van der Waals surface area contributed by atoms with Crippen LogP contribution < -0.4 is 5.32 Å². The number of nitro groups is 1. The van der Waals surface area contributed by atoms with Gasteiger partial charge in [0.15, 0.2) is 0 Å². The van der Waals surface area contributed by atoms with Gasteiger partial charge in [0, 0.05) is 12.0 Å². The Morgan fingerprint density at radius 1 is 1.45 bits per heavy atom. The van der Waals surface area contributed by atoms with E-state index in [2.05, 4.69) is 10.3 Å². The van der Waals surface area contributed by atoms with Gasteiger partial charge in [-0.1, -0.05) is 18.2 Å². The predicted molar refractivity (Wildman–Crippen MR) is 75.9 cm³/mol. The average molecular weight is 273 g/mol. The van der Waals surface area contributed by atoms with Crippen LogP contribution in [0.15, 0.2) is 30.5 Å². The molecule has 3 rings (SSSR count). The predicted octanol–water partition coefficient (Wildman–Crippen LogP) is 2.73. The largest absolute Gasteiger partial charge is 0.379 e. The van der Waals surface area contributed by atoms with Gasteiger partial charge in [-0.3, -0.25) is 10.1 Å². The van der Waals surface area contributed by atoms with Crippen LogP contribution in [-0.2, 0) is 4.74 Å². The zero-order chi connectivity index (χ0) is 14.2. The number of benzene rings is 1. The molecule has 1 N–H and O–H groups in total. The van der Waals surface area contributed by atoms with Crippen LogP contribution in [0.4, 0.5) is 11.4 Å². The number of nitrogens with zero attached hydrogens (tertiary/aromatic N) is 2. The summed E-state index contributed by atoms with van der Waals surface area (Å²) in [5.41, 5.74) is 0.975. The highest BCUT2D eigenvalue weighted by Crippen LogP contribution is 2.35. The van der Waals surface area contributed by atoms with E-state index in [4.69, 9.17) is 4.74 Å². The minimum atomic E-state index is -0.402. The lowest BCUT2D eigenvalue weighted by atomic mass is 10.0. The molecule has 6 heteroatoms. The topological polar surface area (TPSA) is 77.3 Å².